The van der Waals surface area contributed by atoms with Gasteiger partial charge < -0.3 is 10.6 Å². The van der Waals surface area contributed by atoms with Gasteiger partial charge in [0.25, 0.3) is 0 Å². The number of nitriles is 2. The highest BCUT2D eigenvalue weighted by Crippen LogP contribution is 2.40. The average molecular weight is 605 g/mol. The molecule has 0 radical (unpaired) electrons. The lowest BCUT2D eigenvalue weighted by molar-refractivity contribution is 0.610. The van der Waals surface area contributed by atoms with Crippen LogP contribution >= 0.6 is 23.2 Å². The number of nitrogens with one attached hydrogen (secondary N) is 2. The molecule has 0 aliphatic heterocycles. The van der Waals surface area contributed by atoms with E-state index in [-0.39, 0.29) is 6.04 Å². The van der Waals surface area contributed by atoms with Crippen LogP contribution in [0.2, 0.25) is 10.0 Å². The van der Waals surface area contributed by atoms with Crippen LogP contribution in [0.25, 0.3) is 10.9 Å². The summed E-state index contributed by atoms with van der Waals surface area (Å²) in [5.74, 6) is 0. The molecule has 1 aliphatic rings. The summed E-state index contributed by atoms with van der Waals surface area (Å²) in [6.45, 7) is 0. The van der Waals surface area contributed by atoms with Gasteiger partial charge in [-0.25, -0.2) is 4.68 Å². The molecular weight excluding hydrogens is 578 g/mol. The molecular formula is C32H27BCl2N8. The molecule has 1 fully saturated rings. The molecule has 1 aliphatic carbocycles. The maximum atomic E-state index is 10.1. The van der Waals surface area contributed by atoms with E-state index in [2.05, 4.69) is 38.1 Å². The molecule has 5 aromatic rings. The van der Waals surface area contributed by atoms with E-state index in [1.165, 1.54) is 6.20 Å². The first-order valence-corrected chi connectivity index (χ1v) is 14.8. The van der Waals surface area contributed by atoms with Crippen LogP contribution in [0, 0.1) is 22.7 Å². The van der Waals surface area contributed by atoms with E-state index in [1.807, 2.05) is 85.5 Å². The van der Waals surface area contributed by atoms with Gasteiger partial charge in [0.2, 0.25) is 0 Å². The number of rotatable bonds is 10. The standard InChI is InChI=1S/C32H27BCl2N8/c33-32(25-9-4-5-10-26(25)34,29-19-43(42-41-29)23-12-13-23)40-22-15-24-30(21(17-37)18-38-31(24)27(35)16-22)39-28(11-6-14-36)20-7-2-1-3-8-20/h1-5,7-10,15-16,18-19,23,28,40H,6,11-13,33H2,(H,38,39)/t28-,32?/m1/s1. The van der Waals surface area contributed by atoms with Gasteiger partial charge in [0.15, 0.2) is 0 Å². The third kappa shape index (κ3) is 5.75. The van der Waals surface area contributed by atoms with Gasteiger partial charge in [0.1, 0.15) is 19.6 Å². The van der Waals surface area contributed by atoms with Crippen molar-refractivity contribution in [1.29, 1.82) is 10.5 Å². The molecule has 2 aromatic heterocycles. The topological polar surface area (TPSA) is 115 Å². The highest BCUT2D eigenvalue weighted by molar-refractivity contribution is 6.36. The van der Waals surface area contributed by atoms with Crippen molar-refractivity contribution in [3.63, 3.8) is 0 Å². The third-order valence-corrected chi connectivity index (χ3v) is 8.48. The van der Waals surface area contributed by atoms with E-state index in [9.17, 15) is 10.5 Å². The summed E-state index contributed by atoms with van der Waals surface area (Å²) in [6.07, 6.45) is 6.58. The van der Waals surface area contributed by atoms with Crippen LogP contribution in [0.15, 0.2) is 79.1 Å². The van der Waals surface area contributed by atoms with Gasteiger partial charge in [0, 0.05) is 28.7 Å². The summed E-state index contributed by atoms with van der Waals surface area (Å²) >= 11 is 13.6. The van der Waals surface area contributed by atoms with Crippen molar-refractivity contribution in [2.75, 3.05) is 10.6 Å². The van der Waals surface area contributed by atoms with Gasteiger partial charge in [-0.3, -0.25) is 4.98 Å². The fourth-order valence-corrected chi connectivity index (χ4v) is 6.00. The Hall–Kier alpha value is -4.57. The van der Waals surface area contributed by atoms with Crippen molar-refractivity contribution in [2.24, 2.45) is 0 Å². The number of nitrogens with zero attached hydrogens (tertiary/aromatic N) is 6. The first-order valence-electron chi connectivity index (χ1n) is 14.1. The minimum atomic E-state index is -0.865. The van der Waals surface area contributed by atoms with Crippen LogP contribution in [0.3, 0.4) is 0 Å². The second kappa shape index (κ2) is 12.0. The van der Waals surface area contributed by atoms with Crippen molar-refractivity contribution in [2.45, 2.75) is 43.2 Å². The summed E-state index contributed by atoms with van der Waals surface area (Å²) in [7, 11) is 2.02. The van der Waals surface area contributed by atoms with Crippen molar-refractivity contribution in [3.05, 3.63) is 112 Å². The average Bonchev–Trinajstić information content (AvgIpc) is 3.75. The van der Waals surface area contributed by atoms with Crippen molar-refractivity contribution < 1.29 is 0 Å². The molecule has 11 heteroatoms. The highest BCUT2D eigenvalue weighted by atomic mass is 35.5. The fraction of sp³-hybridized carbons (Fsp3) is 0.219. The smallest absolute Gasteiger partial charge is 0.148 e. The van der Waals surface area contributed by atoms with Crippen molar-refractivity contribution in [3.8, 4) is 12.1 Å². The van der Waals surface area contributed by atoms with E-state index in [4.69, 9.17) is 23.2 Å². The molecule has 1 unspecified atom stereocenters. The molecule has 2 atom stereocenters. The number of benzene rings is 3. The monoisotopic (exact) mass is 604 g/mol. The van der Waals surface area contributed by atoms with E-state index < -0.39 is 5.44 Å². The summed E-state index contributed by atoms with van der Waals surface area (Å²) < 4.78 is 1.91. The SMILES string of the molecule is BC(Nc1cc(Cl)c2ncc(C#N)c(N[C@H](CCC#N)c3ccccc3)c2c1)(c1cn(C2CC2)nn1)c1ccccc1Cl. The van der Waals surface area contributed by atoms with Gasteiger partial charge in [-0.05, 0) is 48.6 Å². The predicted molar refractivity (Wildman–Crippen MR) is 172 cm³/mol. The Bertz CT molecular complexity index is 1880. The van der Waals surface area contributed by atoms with Crippen molar-refractivity contribution >= 4 is 53.3 Å². The highest BCUT2D eigenvalue weighted by Gasteiger charge is 2.36. The Morgan fingerprint density at radius 3 is 2.53 bits per heavy atom. The van der Waals surface area contributed by atoms with Gasteiger partial charge in [0.05, 0.1) is 51.6 Å². The summed E-state index contributed by atoms with van der Waals surface area (Å²) in [4.78, 5) is 4.53. The first-order chi connectivity index (χ1) is 20.9. The van der Waals surface area contributed by atoms with Crippen LogP contribution in [0.5, 0.6) is 0 Å². The number of fused-ring (bicyclic) bond motifs is 1. The minimum absolute atomic E-state index is 0.209. The lowest BCUT2D eigenvalue weighted by Crippen LogP contribution is -2.38. The van der Waals surface area contributed by atoms with Crippen molar-refractivity contribution in [1.82, 2.24) is 20.0 Å². The number of hydrogen-bond donors (Lipinski definition) is 2. The molecule has 2 heterocycles. The molecule has 6 rings (SSSR count). The molecule has 212 valence electrons. The molecule has 3 aromatic carbocycles. The van der Waals surface area contributed by atoms with Gasteiger partial charge in [-0.2, -0.15) is 10.5 Å². The molecule has 2 N–H and O–H groups in total. The Morgan fingerprint density at radius 1 is 1.05 bits per heavy atom. The van der Waals surface area contributed by atoms with E-state index in [0.29, 0.717) is 62.5 Å². The Balaban J connectivity index is 1.47. The van der Waals surface area contributed by atoms with Gasteiger partial charge in [-0.1, -0.05) is 76.9 Å². The molecule has 1 saturated carbocycles. The van der Waals surface area contributed by atoms with Crippen LogP contribution in [0.4, 0.5) is 11.4 Å². The lowest BCUT2D eigenvalue weighted by Gasteiger charge is -2.32. The number of hydrogen-bond acceptors (Lipinski definition) is 7. The van der Waals surface area contributed by atoms with Crippen LogP contribution in [-0.2, 0) is 5.44 Å². The Kier molecular flexibility index (Phi) is 7.95. The predicted octanol–water partition coefficient (Wildman–Crippen LogP) is 6.74. The third-order valence-electron chi connectivity index (χ3n) is 7.86. The zero-order chi connectivity index (χ0) is 30.0. The molecule has 0 bridgehead atoms. The zero-order valence-electron chi connectivity index (χ0n) is 23.4. The van der Waals surface area contributed by atoms with Gasteiger partial charge >= 0.3 is 0 Å². The van der Waals surface area contributed by atoms with Crippen LogP contribution in [0.1, 0.15) is 60.2 Å². The number of halogens is 2. The summed E-state index contributed by atoms with van der Waals surface area (Å²) in [5.41, 5.74) is 3.91. The summed E-state index contributed by atoms with van der Waals surface area (Å²) in [6, 6.07) is 26.0. The number of aromatic nitrogens is 4. The maximum Gasteiger partial charge on any atom is 0.148 e. The second-order valence-electron chi connectivity index (χ2n) is 10.9. The maximum absolute atomic E-state index is 10.1. The molecule has 0 amide bonds. The van der Waals surface area contributed by atoms with Crippen LogP contribution < -0.4 is 10.6 Å². The fourth-order valence-electron chi connectivity index (χ4n) is 5.41. The van der Waals surface area contributed by atoms with Gasteiger partial charge in [-0.15, -0.1) is 5.10 Å². The second-order valence-corrected chi connectivity index (χ2v) is 11.7. The molecule has 8 nitrogen and oxygen atoms in total. The lowest BCUT2D eigenvalue weighted by atomic mass is 9.69. The minimum Gasteiger partial charge on any atom is -0.377 e. The van der Waals surface area contributed by atoms with E-state index >= 15 is 0 Å². The normalized spacial score (nSPS) is 14.8. The Morgan fingerprint density at radius 2 is 1.81 bits per heavy atom. The molecule has 0 saturated heterocycles. The largest absolute Gasteiger partial charge is 0.377 e. The molecule has 0 spiro atoms. The van der Waals surface area contributed by atoms with E-state index in [1.54, 1.807) is 0 Å². The first kappa shape index (κ1) is 28.5. The number of pyridine rings is 1. The Labute approximate surface area is 260 Å². The van der Waals surface area contributed by atoms with Crippen LogP contribution in [-0.4, -0.2) is 27.8 Å². The number of anilines is 2. The zero-order valence-corrected chi connectivity index (χ0v) is 24.9. The molecule has 43 heavy (non-hydrogen) atoms. The van der Waals surface area contributed by atoms with E-state index in [0.717, 1.165) is 24.0 Å². The quantitative estimate of drug-likeness (QED) is 0.170. The summed E-state index contributed by atoms with van der Waals surface area (Å²) in [5, 5.41) is 37.3.